The largest absolute Gasteiger partial charge is 0.228 e. The smallest absolute Gasteiger partial charge is 0.161 e. The Morgan fingerprint density at radius 3 is 2.13 bits per heavy atom. The summed E-state index contributed by atoms with van der Waals surface area (Å²) in [6.07, 6.45) is 5.55. The number of nitrogens with zero attached hydrogens (tertiary/aromatic N) is 4. The minimum absolute atomic E-state index is 0.0292. The van der Waals surface area contributed by atoms with Crippen molar-refractivity contribution < 1.29 is 0 Å². The lowest BCUT2D eigenvalue weighted by Crippen LogP contribution is -2.20. The second-order valence-corrected chi connectivity index (χ2v) is 14.1. The zero-order valence-corrected chi connectivity index (χ0v) is 27.1. The Labute approximate surface area is 281 Å². The van der Waals surface area contributed by atoms with E-state index < -0.39 is 0 Å². The number of fused-ring (bicyclic) bond motifs is 5. The zero-order chi connectivity index (χ0) is 31.5. The summed E-state index contributed by atoms with van der Waals surface area (Å²) < 4.78 is -0.0292. The van der Waals surface area contributed by atoms with E-state index in [1.807, 2.05) is 54.2 Å². The van der Waals surface area contributed by atoms with Crippen LogP contribution in [-0.2, 0) is 0 Å². The molecule has 9 rings (SSSR count). The zero-order valence-electron chi connectivity index (χ0n) is 25.5. The van der Waals surface area contributed by atoms with Crippen molar-refractivity contribution >= 4 is 56.3 Å². The molecule has 0 saturated heterocycles. The van der Waals surface area contributed by atoms with Gasteiger partial charge in [-0.3, -0.25) is 0 Å². The molecule has 3 heterocycles. The SMILES string of the molecule is CC12CC=CC(c3nc(-c4ccc(-c5ccc6nc(-c7ccccc7)nc(Cl)c6c5)cc4)nc4ccccc34)=C1c1ccccc1S2. The van der Waals surface area contributed by atoms with Gasteiger partial charge in [0.2, 0.25) is 0 Å². The first-order valence-electron chi connectivity index (χ1n) is 15.6. The number of rotatable bonds is 4. The summed E-state index contributed by atoms with van der Waals surface area (Å²) in [5, 5.41) is 2.32. The highest BCUT2D eigenvalue weighted by Crippen LogP contribution is 2.58. The van der Waals surface area contributed by atoms with Crippen LogP contribution >= 0.6 is 23.4 Å². The Bertz CT molecular complexity index is 2440. The maximum absolute atomic E-state index is 6.70. The van der Waals surface area contributed by atoms with Gasteiger partial charge in [-0.15, -0.1) is 11.8 Å². The quantitative estimate of drug-likeness (QED) is 0.179. The average Bonchev–Trinajstić information content (AvgIpc) is 3.44. The van der Waals surface area contributed by atoms with Crippen molar-refractivity contribution in [2.24, 2.45) is 0 Å². The van der Waals surface area contributed by atoms with Gasteiger partial charge < -0.3 is 0 Å². The van der Waals surface area contributed by atoms with Crippen LogP contribution in [0.4, 0.5) is 0 Å². The van der Waals surface area contributed by atoms with Crippen molar-refractivity contribution in [2.45, 2.75) is 23.0 Å². The molecule has 6 heteroatoms. The lowest BCUT2D eigenvalue weighted by molar-refractivity contribution is 0.831. The molecule has 1 atom stereocenters. The van der Waals surface area contributed by atoms with Gasteiger partial charge in [-0.1, -0.05) is 121 Å². The van der Waals surface area contributed by atoms with E-state index in [9.17, 15) is 0 Å². The fourth-order valence-electron chi connectivity index (χ4n) is 6.81. The van der Waals surface area contributed by atoms with Gasteiger partial charge >= 0.3 is 0 Å². The minimum atomic E-state index is -0.0292. The molecule has 0 fully saturated rings. The molecule has 2 aliphatic rings. The fourth-order valence-corrected chi connectivity index (χ4v) is 8.45. The summed E-state index contributed by atoms with van der Waals surface area (Å²) >= 11 is 8.65. The van der Waals surface area contributed by atoms with Gasteiger partial charge in [-0.05, 0) is 59.9 Å². The molecule has 7 aromatic rings. The Hall–Kier alpha value is -5.10. The van der Waals surface area contributed by atoms with Crippen LogP contribution in [-0.4, -0.2) is 24.7 Å². The summed E-state index contributed by atoms with van der Waals surface area (Å²) in [7, 11) is 0. The number of hydrogen-bond acceptors (Lipinski definition) is 5. The van der Waals surface area contributed by atoms with Crippen LogP contribution < -0.4 is 0 Å². The van der Waals surface area contributed by atoms with E-state index in [0.717, 1.165) is 56.2 Å². The first-order valence-corrected chi connectivity index (χ1v) is 16.8. The van der Waals surface area contributed by atoms with Crippen molar-refractivity contribution in [3.63, 3.8) is 0 Å². The summed E-state index contributed by atoms with van der Waals surface area (Å²) in [6, 6.07) is 41.6. The number of allylic oxidation sites excluding steroid dienone is 3. The van der Waals surface area contributed by atoms with Crippen molar-refractivity contribution in [1.29, 1.82) is 0 Å². The summed E-state index contributed by atoms with van der Waals surface area (Å²) in [5.74, 6) is 1.33. The highest BCUT2D eigenvalue weighted by molar-refractivity contribution is 8.01. The van der Waals surface area contributed by atoms with Crippen LogP contribution in [0.15, 0.2) is 138 Å². The summed E-state index contributed by atoms with van der Waals surface area (Å²) in [5.41, 5.74) is 10.6. The van der Waals surface area contributed by atoms with Crippen LogP contribution in [0.5, 0.6) is 0 Å². The molecule has 0 N–H and O–H groups in total. The third-order valence-corrected chi connectivity index (χ3v) is 10.8. The predicted octanol–water partition coefficient (Wildman–Crippen LogP) is 11.0. The summed E-state index contributed by atoms with van der Waals surface area (Å²) in [6.45, 7) is 2.35. The second-order valence-electron chi connectivity index (χ2n) is 12.2. The molecule has 0 radical (unpaired) electrons. The van der Waals surface area contributed by atoms with E-state index in [0.29, 0.717) is 16.8 Å². The van der Waals surface area contributed by atoms with E-state index in [-0.39, 0.29) is 4.75 Å². The Morgan fingerprint density at radius 2 is 1.28 bits per heavy atom. The molecule has 0 saturated carbocycles. The predicted molar refractivity (Wildman–Crippen MR) is 195 cm³/mol. The molecule has 47 heavy (non-hydrogen) atoms. The lowest BCUT2D eigenvalue weighted by atomic mass is 9.82. The van der Waals surface area contributed by atoms with E-state index in [2.05, 4.69) is 103 Å². The van der Waals surface area contributed by atoms with Gasteiger partial charge in [0.05, 0.1) is 16.7 Å². The number of halogens is 1. The van der Waals surface area contributed by atoms with Crippen LogP contribution in [0.25, 0.3) is 66.9 Å². The van der Waals surface area contributed by atoms with Crippen molar-refractivity contribution in [2.75, 3.05) is 0 Å². The molecule has 0 spiro atoms. The highest BCUT2D eigenvalue weighted by Gasteiger charge is 2.41. The topological polar surface area (TPSA) is 51.6 Å². The van der Waals surface area contributed by atoms with Gasteiger partial charge in [0.25, 0.3) is 0 Å². The number of thioether (sulfide) groups is 1. The van der Waals surface area contributed by atoms with Gasteiger partial charge in [0, 0.05) is 37.1 Å². The molecular formula is C41H27ClN4S. The summed E-state index contributed by atoms with van der Waals surface area (Å²) in [4.78, 5) is 21.0. The van der Waals surface area contributed by atoms with Crippen LogP contribution in [0.1, 0.15) is 24.6 Å². The fraction of sp³-hybridized carbons (Fsp3) is 0.0732. The molecule has 1 aliphatic heterocycles. The molecular weight excluding hydrogens is 616 g/mol. The first-order chi connectivity index (χ1) is 23.0. The van der Waals surface area contributed by atoms with Crippen molar-refractivity contribution in [3.05, 3.63) is 150 Å². The monoisotopic (exact) mass is 642 g/mol. The number of para-hydroxylation sites is 1. The van der Waals surface area contributed by atoms with Gasteiger partial charge in [-0.25, -0.2) is 19.9 Å². The van der Waals surface area contributed by atoms with Crippen molar-refractivity contribution in [1.82, 2.24) is 19.9 Å². The van der Waals surface area contributed by atoms with E-state index in [4.69, 9.17) is 26.6 Å². The number of aromatic nitrogens is 4. The van der Waals surface area contributed by atoms with Gasteiger partial charge in [0.1, 0.15) is 5.15 Å². The van der Waals surface area contributed by atoms with Gasteiger partial charge in [0.15, 0.2) is 11.6 Å². The molecule has 2 aromatic heterocycles. The molecule has 4 nitrogen and oxygen atoms in total. The first kappa shape index (κ1) is 28.1. The minimum Gasteiger partial charge on any atom is -0.228 e. The van der Waals surface area contributed by atoms with Crippen molar-refractivity contribution in [3.8, 4) is 33.9 Å². The highest BCUT2D eigenvalue weighted by atomic mass is 35.5. The molecule has 0 amide bonds. The van der Waals surface area contributed by atoms with Crippen LogP contribution in [0.2, 0.25) is 5.15 Å². The van der Waals surface area contributed by atoms with E-state index in [1.165, 1.54) is 21.6 Å². The van der Waals surface area contributed by atoms with Crippen LogP contribution in [0, 0.1) is 0 Å². The second kappa shape index (κ2) is 11.0. The maximum atomic E-state index is 6.70. The number of hydrogen-bond donors (Lipinski definition) is 0. The third kappa shape index (κ3) is 4.77. The Morgan fingerprint density at radius 1 is 0.617 bits per heavy atom. The van der Waals surface area contributed by atoms with Gasteiger partial charge in [-0.2, -0.15) is 0 Å². The molecule has 224 valence electrons. The normalized spacial score (nSPS) is 16.9. The molecule has 0 bridgehead atoms. The third-order valence-electron chi connectivity index (χ3n) is 9.10. The van der Waals surface area contributed by atoms with E-state index in [1.54, 1.807) is 0 Å². The molecule has 1 unspecified atom stereocenters. The Balaban J connectivity index is 1.12. The van der Waals surface area contributed by atoms with E-state index >= 15 is 0 Å². The standard InChI is InChI=1S/C41H27ClN4S/c1-41-23-9-14-31(36(41)30-13-6-8-16-35(30)47-41)37-29-12-5-7-15-33(29)43-39(45-37)27-19-17-25(18-20-27)28-21-22-34-32(24-28)38(42)46-40(44-34)26-10-3-2-4-11-26/h2-22,24H,23H2,1H3. The molecule has 1 aliphatic carbocycles. The van der Waals surface area contributed by atoms with Crippen LogP contribution in [0.3, 0.4) is 0 Å². The average molecular weight is 643 g/mol. The molecule has 5 aromatic carbocycles. The lowest BCUT2D eigenvalue weighted by Gasteiger charge is -2.29. The Kier molecular flexibility index (Phi) is 6.59. The maximum Gasteiger partial charge on any atom is 0.161 e. The number of benzene rings is 5.